The van der Waals surface area contributed by atoms with E-state index < -0.39 is 5.69 Å². The average molecular weight is 355 g/mol. The molecule has 0 bridgehead atoms. The molecular formula is C19H25N5O2. The zero-order chi connectivity index (χ0) is 18.5. The Bertz CT molecular complexity index is 792. The van der Waals surface area contributed by atoms with Crippen molar-refractivity contribution in [2.75, 3.05) is 18.4 Å². The predicted octanol–water partition coefficient (Wildman–Crippen LogP) is 1.36. The Morgan fingerprint density at radius 2 is 1.96 bits per heavy atom. The minimum absolute atomic E-state index is 0.244. The van der Waals surface area contributed by atoms with Gasteiger partial charge in [0.25, 0.3) is 0 Å². The van der Waals surface area contributed by atoms with Crippen LogP contribution in [0.4, 0.5) is 5.82 Å². The van der Waals surface area contributed by atoms with Crippen LogP contribution in [0.15, 0.2) is 41.3 Å². The molecule has 1 unspecified atom stereocenters. The van der Waals surface area contributed by atoms with Crippen LogP contribution in [0.2, 0.25) is 0 Å². The second-order valence-corrected chi connectivity index (χ2v) is 6.87. The van der Waals surface area contributed by atoms with Crippen LogP contribution in [-0.4, -0.2) is 40.0 Å². The fourth-order valence-corrected chi connectivity index (χ4v) is 3.40. The van der Waals surface area contributed by atoms with Gasteiger partial charge in [-0.25, -0.2) is 4.79 Å². The van der Waals surface area contributed by atoms with Gasteiger partial charge in [-0.2, -0.15) is 4.98 Å². The van der Waals surface area contributed by atoms with Gasteiger partial charge in [0.15, 0.2) is 0 Å². The van der Waals surface area contributed by atoms with Crippen molar-refractivity contribution >= 4 is 12.2 Å². The molecule has 0 spiro atoms. The summed E-state index contributed by atoms with van der Waals surface area (Å²) in [6.07, 6.45) is 4.41. The molecule has 0 aliphatic carbocycles. The summed E-state index contributed by atoms with van der Waals surface area (Å²) in [6.45, 7) is 5.14. The standard InChI is InChI=1S/C19H25N5O2/c1-14(20)16-6-9-23(10-7-16)12-15-2-4-17(5-3-15)24-11-8-18(21-13-25)22-19(24)26/h2-5,8,11,13-14,16H,6-7,9-10,12,20H2,1H3,(H,21,22,25,26). The summed E-state index contributed by atoms with van der Waals surface area (Å²) in [5.41, 5.74) is 7.54. The van der Waals surface area contributed by atoms with Gasteiger partial charge in [-0.3, -0.25) is 14.3 Å². The molecule has 1 aromatic carbocycles. The summed E-state index contributed by atoms with van der Waals surface area (Å²) >= 11 is 0. The first-order valence-corrected chi connectivity index (χ1v) is 8.94. The van der Waals surface area contributed by atoms with E-state index in [1.165, 1.54) is 10.1 Å². The third-order valence-electron chi connectivity index (χ3n) is 5.01. The van der Waals surface area contributed by atoms with Crippen LogP contribution in [0.3, 0.4) is 0 Å². The number of hydrogen-bond acceptors (Lipinski definition) is 5. The lowest BCUT2D eigenvalue weighted by atomic mass is 9.91. The molecule has 2 aromatic rings. The number of benzene rings is 1. The fourth-order valence-electron chi connectivity index (χ4n) is 3.40. The highest BCUT2D eigenvalue weighted by atomic mass is 16.1. The van der Waals surface area contributed by atoms with Crippen molar-refractivity contribution in [1.82, 2.24) is 14.5 Å². The lowest BCUT2D eigenvalue weighted by Gasteiger charge is -2.33. The largest absolute Gasteiger partial charge is 0.354 e. The SMILES string of the molecule is CC(N)C1CCN(Cc2ccc(-n3ccc(NC=O)nc3=O)cc2)CC1. The van der Waals surface area contributed by atoms with Gasteiger partial charge in [-0.05, 0) is 62.5 Å². The van der Waals surface area contributed by atoms with E-state index in [1.54, 1.807) is 12.3 Å². The third-order valence-corrected chi connectivity index (χ3v) is 5.01. The van der Waals surface area contributed by atoms with E-state index in [0.717, 1.165) is 38.2 Å². The van der Waals surface area contributed by atoms with E-state index in [-0.39, 0.29) is 11.9 Å². The molecule has 1 aliphatic rings. The smallest absolute Gasteiger partial charge is 0.328 e. The highest BCUT2D eigenvalue weighted by Crippen LogP contribution is 2.21. The first-order chi connectivity index (χ1) is 12.6. The molecule has 0 radical (unpaired) electrons. The van der Waals surface area contributed by atoms with Crippen LogP contribution >= 0.6 is 0 Å². The second-order valence-electron chi connectivity index (χ2n) is 6.87. The van der Waals surface area contributed by atoms with Crippen LogP contribution in [-0.2, 0) is 11.3 Å². The van der Waals surface area contributed by atoms with Crippen LogP contribution in [0.1, 0.15) is 25.3 Å². The Kier molecular flexibility index (Phi) is 5.80. The number of carbonyl (C=O) groups excluding carboxylic acids is 1. The third kappa shape index (κ3) is 4.36. The van der Waals surface area contributed by atoms with E-state index >= 15 is 0 Å². The van der Waals surface area contributed by atoms with Gasteiger partial charge in [0.2, 0.25) is 6.41 Å². The number of nitrogens with two attached hydrogens (primary N) is 1. The molecule has 3 rings (SSSR count). The Balaban J connectivity index is 1.64. The van der Waals surface area contributed by atoms with E-state index in [2.05, 4.69) is 22.1 Å². The van der Waals surface area contributed by atoms with Crippen LogP contribution in [0, 0.1) is 5.92 Å². The Morgan fingerprint density at radius 1 is 1.27 bits per heavy atom. The molecule has 7 heteroatoms. The van der Waals surface area contributed by atoms with Crippen molar-refractivity contribution in [1.29, 1.82) is 0 Å². The maximum atomic E-state index is 12.1. The zero-order valence-electron chi connectivity index (χ0n) is 15.0. The number of hydrogen-bond donors (Lipinski definition) is 2. The number of carbonyl (C=O) groups is 1. The molecule has 26 heavy (non-hydrogen) atoms. The normalized spacial score (nSPS) is 17.0. The molecule has 138 valence electrons. The number of nitrogens with one attached hydrogen (secondary N) is 1. The summed E-state index contributed by atoms with van der Waals surface area (Å²) in [5, 5.41) is 2.37. The molecule has 1 amide bonds. The van der Waals surface area contributed by atoms with Gasteiger partial charge in [-0.1, -0.05) is 12.1 Å². The van der Waals surface area contributed by atoms with Crippen molar-refractivity contribution in [3.63, 3.8) is 0 Å². The lowest BCUT2D eigenvalue weighted by Crippen LogP contribution is -2.39. The predicted molar refractivity (Wildman–Crippen MR) is 101 cm³/mol. The van der Waals surface area contributed by atoms with E-state index in [1.807, 2.05) is 24.3 Å². The van der Waals surface area contributed by atoms with Gasteiger partial charge >= 0.3 is 5.69 Å². The van der Waals surface area contributed by atoms with Gasteiger partial charge in [0.1, 0.15) is 5.82 Å². The summed E-state index contributed by atoms with van der Waals surface area (Å²) in [6, 6.07) is 9.77. The molecule has 0 saturated carbocycles. The van der Waals surface area contributed by atoms with Crippen molar-refractivity contribution in [3.05, 3.63) is 52.6 Å². The first-order valence-electron chi connectivity index (χ1n) is 8.94. The lowest BCUT2D eigenvalue weighted by molar-refractivity contribution is -0.105. The highest BCUT2D eigenvalue weighted by Gasteiger charge is 2.21. The monoisotopic (exact) mass is 355 g/mol. The van der Waals surface area contributed by atoms with Crippen molar-refractivity contribution in [2.24, 2.45) is 11.7 Å². The maximum absolute atomic E-state index is 12.1. The number of likely N-dealkylation sites (tertiary alicyclic amines) is 1. The van der Waals surface area contributed by atoms with Gasteiger partial charge < -0.3 is 11.1 Å². The number of anilines is 1. The molecule has 1 atom stereocenters. The molecule has 7 nitrogen and oxygen atoms in total. The molecule has 1 fully saturated rings. The minimum atomic E-state index is -0.428. The van der Waals surface area contributed by atoms with Gasteiger partial charge in [0, 0.05) is 18.8 Å². The van der Waals surface area contributed by atoms with Crippen LogP contribution in [0.5, 0.6) is 0 Å². The van der Waals surface area contributed by atoms with E-state index in [9.17, 15) is 9.59 Å². The number of aromatic nitrogens is 2. The summed E-state index contributed by atoms with van der Waals surface area (Å²) in [7, 11) is 0. The topological polar surface area (TPSA) is 93.2 Å². The second kappa shape index (κ2) is 8.25. The number of nitrogens with zero attached hydrogens (tertiary/aromatic N) is 3. The zero-order valence-corrected chi connectivity index (χ0v) is 15.0. The first kappa shape index (κ1) is 18.3. The summed E-state index contributed by atoms with van der Waals surface area (Å²) < 4.78 is 1.45. The van der Waals surface area contributed by atoms with E-state index in [0.29, 0.717) is 12.3 Å². The van der Waals surface area contributed by atoms with Gasteiger partial charge in [-0.15, -0.1) is 0 Å². The fraction of sp³-hybridized carbons (Fsp3) is 0.421. The Hall–Kier alpha value is -2.51. The van der Waals surface area contributed by atoms with Crippen molar-refractivity contribution in [2.45, 2.75) is 32.4 Å². The van der Waals surface area contributed by atoms with E-state index in [4.69, 9.17) is 5.73 Å². The number of rotatable bonds is 6. The molecule has 1 saturated heterocycles. The maximum Gasteiger partial charge on any atom is 0.354 e. The molecule has 1 aromatic heterocycles. The molecule has 3 N–H and O–H groups in total. The minimum Gasteiger partial charge on any atom is -0.328 e. The highest BCUT2D eigenvalue weighted by molar-refractivity contribution is 5.68. The quantitative estimate of drug-likeness (QED) is 0.763. The number of amides is 1. The van der Waals surface area contributed by atoms with Crippen molar-refractivity contribution < 1.29 is 4.79 Å². The Morgan fingerprint density at radius 3 is 2.54 bits per heavy atom. The van der Waals surface area contributed by atoms with Crippen LogP contribution < -0.4 is 16.7 Å². The molecular weight excluding hydrogens is 330 g/mol. The number of piperidine rings is 1. The van der Waals surface area contributed by atoms with Crippen molar-refractivity contribution in [3.8, 4) is 5.69 Å². The Labute approximate surface area is 152 Å². The molecule has 2 heterocycles. The van der Waals surface area contributed by atoms with Gasteiger partial charge in [0.05, 0.1) is 5.69 Å². The summed E-state index contributed by atoms with van der Waals surface area (Å²) in [4.78, 5) is 28.8. The van der Waals surface area contributed by atoms with Crippen LogP contribution in [0.25, 0.3) is 5.69 Å². The average Bonchev–Trinajstić information content (AvgIpc) is 2.63. The molecule has 1 aliphatic heterocycles. The summed E-state index contributed by atoms with van der Waals surface area (Å²) in [5.74, 6) is 0.873.